The van der Waals surface area contributed by atoms with E-state index in [1.807, 2.05) is 38.1 Å². The largest absolute Gasteiger partial charge is 0.192 e. The number of rotatable bonds is 5. The second kappa shape index (κ2) is 7.25. The van der Waals surface area contributed by atoms with Gasteiger partial charge in [-0.1, -0.05) is 49.6 Å². The summed E-state index contributed by atoms with van der Waals surface area (Å²) >= 11 is 0. The average Bonchev–Trinajstić information content (AvgIpc) is 2.31. The van der Waals surface area contributed by atoms with Crippen LogP contribution in [0.1, 0.15) is 13.8 Å². The third-order valence-electron chi connectivity index (χ3n) is 2.04. The Bertz CT molecular complexity index is 423. The molecule has 82 valence electrons. The van der Waals surface area contributed by atoms with Gasteiger partial charge in [-0.15, -0.1) is 0 Å². The molecule has 0 amide bonds. The quantitative estimate of drug-likeness (QED) is 0.492. The zero-order valence-corrected chi connectivity index (χ0v) is 9.96. The molecule has 0 rings (SSSR count). The van der Waals surface area contributed by atoms with E-state index >= 15 is 0 Å². The fraction of sp³-hybridized carbons (Fsp3) is 0.133. The number of allylic oxidation sites excluding steroid dienone is 9. The zero-order chi connectivity index (χ0) is 12.6. The summed E-state index contributed by atoms with van der Waals surface area (Å²) in [5, 5.41) is 8.52. The van der Waals surface area contributed by atoms with Gasteiger partial charge in [0.05, 0.1) is 6.07 Å². The molecule has 1 nitrogen and oxygen atoms in total. The van der Waals surface area contributed by atoms with Crippen molar-refractivity contribution in [2.24, 2.45) is 0 Å². The van der Waals surface area contributed by atoms with Gasteiger partial charge in [0.25, 0.3) is 0 Å². The van der Waals surface area contributed by atoms with Crippen LogP contribution in [0.4, 0.5) is 0 Å². The second-order valence-electron chi connectivity index (χ2n) is 3.39. The minimum atomic E-state index is 0.405. The number of hydrogen-bond donors (Lipinski definition) is 0. The summed E-state index contributed by atoms with van der Waals surface area (Å²) in [5.41, 5.74) is 3.17. The van der Waals surface area contributed by atoms with Crippen molar-refractivity contribution in [2.75, 3.05) is 0 Å². The van der Waals surface area contributed by atoms with Crippen molar-refractivity contribution in [1.29, 1.82) is 5.26 Å². The van der Waals surface area contributed by atoms with Crippen molar-refractivity contribution < 1.29 is 0 Å². The van der Waals surface area contributed by atoms with Crippen molar-refractivity contribution in [1.82, 2.24) is 0 Å². The highest BCUT2D eigenvalue weighted by Crippen LogP contribution is 2.10. The van der Waals surface area contributed by atoms with E-state index in [2.05, 4.69) is 19.7 Å². The molecule has 16 heavy (non-hydrogen) atoms. The smallest absolute Gasteiger partial charge is 0.0985 e. The minimum absolute atomic E-state index is 0.405. The van der Waals surface area contributed by atoms with Crippen LogP contribution >= 0.6 is 0 Å². The predicted octanol–water partition coefficient (Wildman–Crippen LogP) is 4.26. The van der Waals surface area contributed by atoms with Crippen LogP contribution in [0.5, 0.6) is 0 Å². The van der Waals surface area contributed by atoms with E-state index in [4.69, 9.17) is 5.26 Å². The maximum absolute atomic E-state index is 8.52. The van der Waals surface area contributed by atoms with Crippen molar-refractivity contribution in [3.63, 3.8) is 0 Å². The summed E-state index contributed by atoms with van der Waals surface area (Å²) in [7, 11) is 0. The Morgan fingerprint density at radius 2 is 1.50 bits per heavy atom. The Morgan fingerprint density at radius 3 is 1.94 bits per heavy atom. The summed E-state index contributed by atoms with van der Waals surface area (Å²) in [4.78, 5) is 0. The molecule has 0 heterocycles. The molecule has 0 aliphatic carbocycles. The Balaban J connectivity index is 4.49. The first-order valence-corrected chi connectivity index (χ1v) is 4.97. The Morgan fingerprint density at radius 1 is 1.00 bits per heavy atom. The molecule has 0 unspecified atom stereocenters. The molecule has 0 bridgehead atoms. The first-order chi connectivity index (χ1) is 7.51. The summed E-state index contributed by atoms with van der Waals surface area (Å²) < 4.78 is 0. The molecule has 0 aliphatic heterocycles. The van der Waals surface area contributed by atoms with E-state index in [0.29, 0.717) is 5.57 Å². The number of hydrogen-bond acceptors (Lipinski definition) is 1. The Hall–Kier alpha value is -2.07. The third kappa shape index (κ3) is 5.62. The van der Waals surface area contributed by atoms with Crippen LogP contribution in [0.15, 0.2) is 72.4 Å². The van der Waals surface area contributed by atoms with Crippen LogP contribution in [0.25, 0.3) is 0 Å². The molecule has 0 radical (unpaired) electrons. The molecular formula is C15H17N. The molecule has 0 N–H and O–H groups in total. The van der Waals surface area contributed by atoms with Crippen LogP contribution in [0, 0.1) is 11.3 Å². The van der Waals surface area contributed by atoms with E-state index in [0.717, 1.165) is 11.1 Å². The molecule has 0 aliphatic rings. The van der Waals surface area contributed by atoms with Gasteiger partial charge in [0, 0.05) is 5.57 Å². The van der Waals surface area contributed by atoms with Crippen LogP contribution in [0.2, 0.25) is 0 Å². The molecule has 0 aromatic heterocycles. The molecule has 0 saturated carbocycles. The first kappa shape index (κ1) is 13.9. The molecule has 0 fully saturated rings. The summed E-state index contributed by atoms with van der Waals surface area (Å²) in [6.07, 6.45) is 9.25. The van der Waals surface area contributed by atoms with Gasteiger partial charge in [-0.25, -0.2) is 0 Å². The van der Waals surface area contributed by atoms with Gasteiger partial charge in [0.15, 0.2) is 0 Å². The predicted molar refractivity (Wildman–Crippen MR) is 70.7 cm³/mol. The van der Waals surface area contributed by atoms with Gasteiger partial charge in [-0.2, -0.15) is 5.26 Å². The lowest BCUT2D eigenvalue weighted by Gasteiger charge is -1.98. The van der Waals surface area contributed by atoms with Crippen molar-refractivity contribution >= 4 is 0 Å². The lowest BCUT2D eigenvalue weighted by atomic mass is 10.1. The highest BCUT2D eigenvalue weighted by atomic mass is 14.2. The van der Waals surface area contributed by atoms with E-state index in [1.54, 1.807) is 12.2 Å². The fourth-order valence-corrected chi connectivity index (χ4v) is 0.781. The monoisotopic (exact) mass is 211 g/mol. The third-order valence-corrected chi connectivity index (χ3v) is 2.04. The Labute approximate surface area is 98.1 Å². The summed E-state index contributed by atoms with van der Waals surface area (Å²) in [6, 6.07) is 1.94. The molecule has 0 aromatic carbocycles. The fourth-order valence-electron chi connectivity index (χ4n) is 0.781. The van der Waals surface area contributed by atoms with E-state index in [1.165, 1.54) is 5.57 Å². The highest BCUT2D eigenvalue weighted by Gasteiger charge is 1.92. The minimum Gasteiger partial charge on any atom is -0.192 e. The van der Waals surface area contributed by atoms with Crippen molar-refractivity contribution in [2.45, 2.75) is 13.8 Å². The van der Waals surface area contributed by atoms with Crippen molar-refractivity contribution in [3.8, 4) is 6.07 Å². The van der Waals surface area contributed by atoms with Crippen LogP contribution < -0.4 is 0 Å². The normalized spacial score (nSPS) is 11.7. The van der Waals surface area contributed by atoms with Gasteiger partial charge in [-0.05, 0) is 31.1 Å². The highest BCUT2D eigenvalue weighted by molar-refractivity contribution is 5.46. The number of nitrogens with zero attached hydrogens (tertiary/aromatic N) is 1. The molecule has 0 atom stereocenters. The maximum Gasteiger partial charge on any atom is 0.0985 e. The van der Waals surface area contributed by atoms with Gasteiger partial charge in [-0.3, -0.25) is 0 Å². The Kier molecular flexibility index (Phi) is 6.31. The molecule has 0 spiro atoms. The first-order valence-electron chi connectivity index (χ1n) is 4.97. The number of nitriles is 1. The molecule has 1 heteroatoms. The standard InChI is InChI=1S/C15H17N/c1-6-12(2)7-9-14(4)15(5)10-8-13(3)11-16/h6-10H,3-5H2,1-2H3/b9-7-,10-8-,12-6-. The van der Waals surface area contributed by atoms with Gasteiger partial charge in [0.2, 0.25) is 0 Å². The topological polar surface area (TPSA) is 23.8 Å². The van der Waals surface area contributed by atoms with E-state index < -0.39 is 0 Å². The average molecular weight is 211 g/mol. The summed E-state index contributed by atoms with van der Waals surface area (Å²) in [6.45, 7) is 15.3. The van der Waals surface area contributed by atoms with Crippen LogP contribution in [0.3, 0.4) is 0 Å². The maximum atomic E-state index is 8.52. The molecule has 0 aromatic rings. The SMILES string of the molecule is C=C(C#N)/C=C\C(=C)C(=C)/C=C\C(C)=C/C. The molecule has 0 saturated heterocycles. The van der Waals surface area contributed by atoms with Crippen LogP contribution in [-0.4, -0.2) is 0 Å². The zero-order valence-electron chi connectivity index (χ0n) is 9.96. The van der Waals surface area contributed by atoms with Gasteiger partial charge in [0.1, 0.15) is 0 Å². The summed E-state index contributed by atoms with van der Waals surface area (Å²) in [5.74, 6) is 0. The van der Waals surface area contributed by atoms with Crippen LogP contribution in [-0.2, 0) is 0 Å². The van der Waals surface area contributed by atoms with Gasteiger partial charge < -0.3 is 0 Å². The molecular weight excluding hydrogens is 194 g/mol. The van der Waals surface area contributed by atoms with Crippen molar-refractivity contribution in [3.05, 3.63) is 72.4 Å². The van der Waals surface area contributed by atoms with E-state index in [-0.39, 0.29) is 0 Å². The van der Waals surface area contributed by atoms with Gasteiger partial charge >= 0.3 is 0 Å². The lowest BCUT2D eigenvalue weighted by molar-refractivity contribution is 1.46. The lowest BCUT2D eigenvalue weighted by Crippen LogP contribution is -1.79. The van der Waals surface area contributed by atoms with E-state index in [9.17, 15) is 0 Å². The second-order valence-corrected chi connectivity index (χ2v) is 3.39.